The molecule has 1 aromatic carbocycles. The van der Waals surface area contributed by atoms with E-state index in [-0.39, 0.29) is 18.4 Å². The van der Waals surface area contributed by atoms with Gasteiger partial charge in [-0.1, -0.05) is 17.7 Å². The topological polar surface area (TPSA) is 66.2 Å². The van der Waals surface area contributed by atoms with E-state index in [0.29, 0.717) is 11.4 Å². The van der Waals surface area contributed by atoms with Gasteiger partial charge in [-0.15, -0.1) is 11.3 Å². The number of amides is 1. The van der Waals surface area contributed by atoms with Crippen molar-refractivity contribution in [3.05, 3.63) is 45.9 Å². The summed E-state index contributed by atoms with van der Waals surface area (Å²) < 4.78 is 5.64. The smallest absolute Gasteiger partial charge is 0.270 e. The van der Waals surface area contributed by atoms with Crippen molar-refractivity contribution in [3.8, 4) is 6.07 Å². The molecule has 2 aromatic rings. The molecular weight excluding hydrogens is 322 g/mol. The Bertz CT molecular complexity index is 742. The summed E-state index contributed by atoms with van der Waals surface area (Å²) in [4.78, 5) is 19.5. The first kappa shape index (κ1) is 16.6. The summed E-state index contributed by atoms with van der Waals surface area (Å²) in [6.07, 6.45) is 3.92. The maximum Gasteiger partial charge on any atom is 0.270 e. The Hall–Kier alpha value is -2.23. The largest absolute Gasteiger partial charge is 0.371 e. The Balaban J connectivity index is 1.82. The van der Waals surface area contributed by atoms with E-state index in [9.17, 15) is 4.79 Å². The number of hydrogen-bond acceptors (Lipinski definition) is 5. The summed E-state index contributed by atoms with van der Waals surface area (Å²) in [5.74, 6) is -0.115. The molecular formula is C18H19N3O2S. The van der Waals surface area contributed by atoms with Crippen molar-refractivity contribution in [2.24, 2.45) is 0 Å². The lowest BCUT2D eigenvalue weighted by Crippen LogP contribution is -2.31. The summed E-state index contributed by atoms with van der Waals surface area (Å²) in [5.41, 5.74) is 1.93. The van der Waals surface area contributed by atoms with E-state index in [4.69, 9.17) is 10.00 Å². The second-order valence-electron chi connectivity index (χ2n) is 5.76. The van der Waals surface area contributed by atoms with Crippen molar-refractivity contribution in [2.45, 2.75) is 32.3 Å². The van der Waals surface area contributed by atoms with Crippen LogP contribution in [0.15, 0.2) is 30.5 Å². The van der Waals surface area contributed by atoms with E-state index in [1.165, 1.54) is 11.3 Å². The van der Waals surface area contributed by atoms with Crippen molar-refractivity contribution in [2.75, 3.05) is 18.1 Å². The molecule has 1 atom stereocenters. The lowest BCUT2D eigenvalue weighted by molar-refractivity contribution is 0.0991. The summed E-state index contributed by atoms with van der Waals surface area (Å²) in [5, 5.41) is 9.75. The fraction of sp³-hybridized carbons (Fsp3) is 0.389. The fourth-order valence-electron chi connectivity index (χ4n) is 2.68. The van der Waals surface area contributed by atoms with Crippen molar-refractivity contribution >= 4 is 22.9 Å². The number of hydrogen-bond donors (Lipinski definition) is 0. The van der Waals surface area contributed by atoms with Gasteiger partial charge in [0, 0.05) is 18.8 Å². The standard InChI is InChI=1S/C18H19N3O2S/c1-13-5-7-14(8-6-13)21(10-3-9-19)18(22)16-12-20-17(24-16)15-4-2-11-23-15/h5-8,12,15H,2-4,10-11H2,1H3/t15-/m0/s1. The number of carbonyl (C=O) groups is 1. The van der Waals surface area contributed by atoms with Gasteiger partial charge in [0.15, 0.2) is 0 Å². The molecule has 1 amide bonds. The number of anilines is 1. The molecule has 1 aliphatic rings. The quantitative estimate of drug-likeness (QED) is 0.828. The molecule has 24 heavy (non-hydrogen) atoms. The normalized spacial score (nSPS) is 16.8. The molecule has 0 aliphatic carbocycles. The van der Waals surface area contributed by atoms with Crippen LogP contribution in [0.3, 0.4) is 0 Å². The zero-order chi connectivity index (χ0) is 16.9. The van der Waals surface area contributed by atoms with Crippen molar-refractivity contribution in [1.82, 2.24) is 4.98 Å². The number of carbonyl (C=O) groups excluding carboxylic acids is 1. The minimum atomic E-state index is -0.115. The van der Waals surface area contributed by atoms with Crippen LogP contribution in [0.2, 0.25) is 0 Å². The van der Waals surface area contributed by atoms with Gasteiger partial charge in [0.2, 0.25) is 0 Å². The number of aromatic nitrogens is 1. The van der Waals surface area contributed by atoms with Gasteiger partial charge in [-0.3, -0.25) is 4.79 Å². The third-order valence-corrected chi connectivity index (χ3v) is 5.05. The zero-order valence-electron chi connectivity index (χ0n) is 13.6. The monoisotopic (exact) mass is 341 g/mol. The summed E-state index contributed by atoms with van der Waals surface area (Å²) in [7, 11) is 0. The lowest BCUT2D eigenvalue weighted by atomic mass is 10.2. The molecule has 6 heteroatoms. The van der Waals surface area contributed by atoms with E-state index >= 15 is 0 Å². The van der Waals surface area contributed by atoms with Gasteiger partial charge >= 0.3 is 0 Å². The van der Waals surface area contributed by atoms with Crippen LogP contribution in [0.5, 0.6) is 0 Å². The van der Waals surface area contributed by atoms with Gasteiger partial charge in [-0.05, 0) is 31.9 Å². The van der Waals surface area contributed by atoms with Crippen molar-refractivity contribution in [3.63, 3.8) is 0 Å². The van der Waals surface area contributed by atoms with E-state index in [0.717, 1.165) is 35.7 Å². The molecule has 1 fully saturated rings. The van der Waals surface area contributed by atoms with Gasteiger partial charge in [-0.25, -0.2) is 4.98 Å². The highest BCUT2D eigenvalue weighted by Crippen LogP contribution is 2.32. The Morgan fingerprint density at radius 2 is 2.25 bits per heavy atom. The first-order chi connectivity index (χ1) is 11.7. The molecule has 0 unspecified atom stereocenters. The molecule has 124 valence electrons. The molecule has 0 spiro atoms. The van der Waals surface area contributed by atoms with Crippen LogP contribution in [0.4, 0.5) is 5.69 Å². The number of nitrogens with zero attached hydrogens (tertiary/aromatic N) is 3. The highest BCUT2D eigenvalue weighted by atomic mass is 32.1. The first-order valence-corrected chi connectivity index (χ1v) is 8.83. The highest BCUT2D eigenvalue weighted by molar-refractivity contribution is 7.13. The third-order valence-electron chi connectivity index (χ3n) is 3.98. The Kier molecular flexibility index (Phi) is 5.24. The van der Waals surface area contributed by atoms with Crippen LogP contribution in [0, 0.1) is 18.3 Å². The summed E-state index contributed by atoms with van der Waals surface area (Å²) in [6.45, 7) is 3.12. The SMILES string of the molecule is Cc1ccc(N(CCC#N)C(=O)c2cnc([C@@H]3CCCO3)s2)cc1. The van der Waals surface area contributed by atoms with E-state index in [2.05, 4.69) is 11.1 Å². The fourth-order valence-corrected chi connectivity index (χ4v) is 3.63. The summed E-state index contributed by atoms with van der Waals surface area (Å²) >= 11 is 1.39. The van der Waals surface area contributed by atoms with E-state index in [1.54, 1.807) is 11.1 Å². The molecule has 0 radical (unpaired) electrons. The lowest BCUT2D eigenvalue weighted by Gasteiger charge is -2.21. The molecule has 1 aliphatic heterocycles. The Labute approximate surface area is 145 Å². The van der Waals surface area contributed by atoms with Crippen molar-refractivity contribution < 1.29 is 9.53 Å². The average Bonchev–Trinajstić information content (AvgIpc) is 3.27. The molecule has 3 rings (SSSR count). The molecule has 0 saturated carbocycles. The highest BCUT2D eigenvalue weighted by Gasteiger charge is 2.25. The summed E-state index contributed by atoms with van der Waals surface area (Å²) in [6, 6.07) is 9.86. The second kappa shape index (κ2) is 7.56. The second-order valence-corrected chi connectivity index (χ2v) is 6.83. The van der Waals surface area contributed by atoms with Crippen LogP contribution in [-0.4, -0.2) is 24.0 Å². The van der Waals surface area contributed by atoms with Crippen LogP contribution in [0.25, 0.3) is 0 Å². The predicted molar refractivity (Wildman–Crippen MR) is 93.1 cm³/mol. The molecule has 1 aromatic heterocycles. The number of ether oxygens (including phenoxy) is 1. The van der Waals surface area contributed by atoms with Crippen molar-refractivity contribution in [1.29, 1.82) is 5.26 Å². The molecule has 2 heterocycles. The Morgan fingerprint density at radius 3 is 2.92 bits per heavy atom. The number of thiazole rings is 1. The molecule has 0 N–H and O–H groups in total. The number of nitriles is 1. The van der Waals surface area contributed by atoms with Crippen LogP contribution >= 0.6 is 11.3 Å². The average molecular weight is 341 g/mol. The molecule has 0 bridgehead atoms. The maximum atomic E-state index is 12.9. The number of benzene rings is 1. The molecule has 5 nitrogen and oxygen atoms in total. The van der Waals surface area contributed by atoms with Gasteiger partial charge < -0.3 is 9.64 Å². The maximum absolute atomic E-state index is 12.9. The number of aryl methyl sites for hydroxylation is 1. The minimum Gasteiger partial charge on any atom is -0.371 e. The number of rotatable bonds is 5. The zero-order valence-corrected chi connectivity index (χ0v) is 14.4. The van der Waals surface area contributed by atoms with Gasteiger partial charge in [0.25, 0.3) is 5.91 Å². The molecule has 1 saturated heterocycles. The van der Waals surface area contributed by atoms with Gasteiger partial charge in [0.1, 0.15) is 16.0 Å². The van der Waals surface area contributed by atoms with Crippen LogP contribution in [0.1, 0.15) is 45.6 Å². The van der Waals surface area contributed by atoms with Gasteiger partial charge in [-0.2, -0.15) is 5.26 Å². The predicted octanol–water partition coefficient (Wildman–Crippen LogP) is 3.86. The van der Waals surface area contributed by atoms with E-state index in [1.807, 2.05) is 31.2 Å². The van der Waals surface area contributed by atoms with Crippen LogP contribution < -0.4 is 4.90 Å². The van der Waals surface area contributed by atoms with Gasteiger partial charge in [0.05, 0.1) is 18.7 Å². The first-order valence-electron chi connectivity index (χ1n) is 8.02. The minimum absolute atomic E-state index is 0.0171. The Morgan fingerprint density at radius 1 is 1.46 bits per heavy atom. The van der Waals surface area contributed by atoms with E-state index < -0.39 is 0 Å². The van der Waals surface area contributed by atoms with Crippen LogP contribution in [-0.2, 0) is 4.74 Å². The third kappa shape index (κ3) is 3.64.